The van der Waals surface area contributed by atoms with Gasteiger partial charge in [0, 0.05) is 11.2 Å². The lowest BCUT2D eigenvalue weighted by atomic mass is 10.2. The van der Waals surface area contributed by atoms with Crippen molar-refractivity contribution < 1.29 is 21.6 Å². The van der Waals surface area contributed by atoms with Gasteiger partial charge >= 0.3 is 6.18 Å². The van der Waals surface area contributed by atoms with Crippen molar-refractivity contribution in [3.8, 4) is 0 Å². The van der Waals surface area contributed by atoms with Crippen LogP contribution >= 0.6 is 23.2 Å². The molecule has 0 spiro atoms. The standard InChI is InChI=1S/C13H9Cl2F3N2O2S/c1-7-4-11(10(15)5-9(7)14)23(21,22)20-12-3-2-8(6-19-12)13(16,17)18/h2-6H,1H3,(H,19,20). The second-order valence-corrected chi connectivity index (χ2v) is 7.03. The molecule has 1 aromatic carbocycles. The molecule has 0 fully saturated rings. The van der Waals surface area contributed by atoms with Crippen molar-refractivity contribution >= 4 is 39.0 Å². The lowest BCUT2D eigenvalue weighted by Gasteiger charge is -2.11. The summed E-state index contributed by atoms with van der Waals surface area (Å²) in [5, 5.41) is 0.182. The first-order chi connectivity index (χ1) is 10.5. The van der Waals surface area contributed by atoms with Gasteiger partial charge < -0.3 is 0 Å². The molecule has 2 rings (SSSR count). The van der Waals surface area contributed by atoms with Crippen molar-refractivity contribution in [2.45, 2.75) is 18.0 Å². The number of hydrogen-bond acceptors (Lipinski definition) is 3. The molecule has 0 aliphatic carbocycles. The predicted molar refractivity (Wildman–Crippen MR) is 81.2 cm³/mol. The van der Waals surface area contributed by atoms with Crippen LogP contribution in [0.15, 0.2) is 35.4 Å². The van der Waals surface area contributed by atoms with Gasteiger partial charge in [0.05, 0.1) is 10.6 Å². The number of sulfonamides is 1. The van der Waals surface area contributed by atoms with E-state index in [0.29, 0.717) is 16.8 Å². The zero-order valence-electron chi connectivity index (χ0n) is 11.4. The fourth-order valence-electron chi connectivity index (χ4n) is 1.65. The monoisotopic (exact) mass is 384 g/mol. The molecule has 0 radical (unpaired) electrons. The molecule has 0 aliphatic rings. The maximum atomic E-state index is 12.4. The Morgan fingerprint density at radius 2 is 1.78 bits per heavy atom. The Morgan fingerprint density at radius 1 is 1.13 bits per heavy atom. The molecule has 1 heterocycles. The molecule has 23 heavy (non-hydrogen) atoms. The largest absolute Gasteiger partial charge is 0.417 e. The molecule has 10 heteroatoms. The quantitative estimate of drug-likeness (QED) is 0.846. The summed E-state index contributed by atoms with van der Waals surface area (Å²) in [6.45, 7) is 1.59. The van der Waals surface area contributed by atoms with Crippen LogP contribution in [0.4, 0.5) is 19.0 Å². The van der Waals surface area contributed by atoms with E-state index in [1.54, 1.807) is 6.92 Å². The first-order valence-electron chi connectivity index (χ1n) is 6.02. The van der Waals surface area contributed by atoms with Gasteiger partial charge in [-0.2, -0.15) is 13.2 Å². The smallest absolute Gasteiger partial charge is 0.263 e. The van der Waals surface area contributed by atoms with Crippen LogP contribution < -0.4 is 4.72 Å². The highest BCUT2D eigenvalue weighted by Gasteiger charge is 2.31. The number of hydrogen-bond donors (Lipinski definition) is 1. The average molecular weight is 385 g/mol. The molecule has 0 bridgehead atoms. The minimum atomic E-state index is -4.55. The Balaban J connectivity index is 2.34. The average Bonchev–Trinajstić information content (AvgIpc) is 2.41. The summed E-state index contributed by atoms with van der Waals surface area (Å²) in [5.74, 6) is -0.262. The number of nitrogens with one attached hydrogen (secondary N) is 1. The Kier molecular flexibility index (Phi) is 4.79. The molecule has 0 amide bonds. The van der Waals surface area contributed by atoms with E-state index in [-0.39, 0.29) is 15.7 Å². The Bertz CT molecular complexity index is 838. The van der Waals surface area contributed by atoms with E-state index in [4.69, 9.17) is 23.2 Å². The van der Waals surface area contributed by atoms with E-state index in [1.807, 2.05) is 0 Å². The summed E-state index contributed by atoms with van der Waals surface area (Å²) >= 11 is 11.7. The first kappa shape index (κ1) is 17.8. The van der Waals surface area contributed by atoms with E-state index < -0.39 is 21.8 Å². The molecule has 1 N–H and O–H groups in total. The summed E-state index contributed by atoms with van der Waals surface area (Å²) in [4.78, 5) is 3.20. The van der Waals surface area contributed by atoms with Crippen LogP contribution in [0, 0.1) is 6.92 Å². The van der Waals surface area contributed by atoms with Crippen molar-refractivity contribution in [1.29, 1.82) is 0 Å². The van der Waals surface area contributed by atoms with Gasteiger partial charge in [0.2, 0.25) is 0 Å². The summed E-state index contributed by atoms with van der Waals surface area (Å²) in [6, 6.07) is 4.17. The third-order valence-corrected chi connectivity index (χ3v) is 5.06. The van der Waals surface area contributed by atoms with E-state index >= 15 is 0 Å². The zero-order valence-corrected chi connectivity index (χ0v) is 13.8. The van der Waals surface area contributed by atoms with Crippen molar-refractivity contribution in [3.63, 3.8) is 0 Å². The topological polar surface area (TPSA) is 59.1 Å². The van der Waals surface area contributed by atoms with Crippen molar-refractivity contribution in [3.05, 3.63) is 51.6 Å². The lowest BCUT2D eigenvalue weighted by molar-refractivity contribution is -0.137. The molecule has 124 valence electrons. The molecule has 0 aliphatic heterocycles. The summed E-state index contributed by atoms with van der Waals surface area (Å²) in [6.07, 6.45) is -4.02. The van der Waals surface area contributed by atoms with Gasteiger partial charge in [0.25, 0.3) is 10.0 Å². The van der Waals surface area contributed by atoms with E-state index in [1.165, 1.54) is 12.1 Å². The van der Waals surface area contributed by atoms with Crippen molar-refractivity contribution in [2.24, 2.45) is 0 Å². The number of pyridine rings is 1. The van der Waals surface area contributed by atoms with Crippen LogP contribution in [0.1, 0.15) is 11.1 Å². The number of aromatic nitrogens is 1. The SMILES string of the molecule is Cc1cc(S(=O)(=O)Nc2ccc(C(F)(F)F)cn2)c(Cl)cc1Cl. The fourth-order valence-corrected chi connectivity index (χ4v) is 3.49. The molecule has 0 atom stereocenters. The van der Waals surface area contributed by atoms with Crippen LogP contribution in [-0.2, 0) is 16.2 Å². The van der Waals surface area contributed by atoms with Crippen LogP contribution in [-0.4, -0.2) is 13.4 Å². The second-order valence-electron chi connectivity index (χ2n) is 4.57. The Morgan fingerprint density at radius 3 is 2.30 bits per heavy atom. The summed E-state index contributed by atoms with van der Waals surface area (Å²) in [5.41, 5.74) is -0.502. The van der Waals surface area contributed by atoms with Gasteiger partial charge in [-0.15, -0.1) is 0 Å². The van der Waals surface area contributed by atoms with E-state index in [9.17, 15) is 21.6 Å². The molecule has 4 nitrogen and oxygen atoms in total. The number of benzene rings is 1. The van der Waals surface area contributed by atoms with Crippen LogP contribution in [0.5, 0.6) is 0 Å². The highest BCUT2D eigenvalue weighted by molar-refractivity contribution is 7.92. The highest BCUT2D eigenvalue weighted by Crippen LogP contribution is 2.31. The van der Waals surface area contributed by atoms with Crippen LogP contribution in [0.3, 0.4) is 0 Å². The summed E-state index contributed by atoms with van der Waals surface area (Å²) < 4.78 is 63.9. The van der Waals surface area contributed by atoms with Crippen molar-refractivity contribution in [2.75, 3.05) is 4.72 Å². The van der Waals surface area contributed by atoms with Gasteiger partial charge in [-0.3, -0.25) is 4.72 Å². The second kappa shape index (κ2) is 6.18. The van der Waals surface area contributed by atoms with E-state index in [0.717, 1.165) is 12.1 Å². The molecule has 0 saturated carbocycles. The maximum Gasteiger partial charge on any atom is 0.417 e. The Labute approximate surface area is 140 Å². The third kappa shape index (κ3) is 4.07. The minimum Gasteiger partial charge on any atom is -0.263 e. The normalized spacial score (nSPS) is 12.3. The molecule has 0 unspecified atom stereocenters. The van der Waals surface area contributed by atoms with E-state index in [2.05, 4.69) is 9.71 Å². The number of halogens is 5. The number of aryl methyl sites for hydroxylation is 1. The zero-order chi connectivity index (χ0) is 17.4. The van der Waals surface area contributed by atoms with Gasteiger partial charge in [0.15, 0.2) is 0 Å². The van der Waals surface area contributed by atoms with Crippen LogP contribution in [0.25, 0.3) is 0 Å². The molecule has 1 aromatic heterocycles. The number of alkyl halides is 3. The highest BCUT2D eigenvalue weighted by atomic mass is 35.5. The number of rotatable bonds is 3. The van der Waals surface area contributed by atoms with Crippen molar-refractivity contribution in [1.82, 2.24) is 4.98 Å². The van der Waals surface area contributed by atoms with Gasteiger partial charge in [0.1, 0.15) is 10.7 Å². The van der Waals surface area contributed by atoms with Gasteiger partial charge in [-0.1, -0.05) is 23.2 Å². The maximum absolute atomic E-state index is 12.4. The fraction of sp³-hybridized carbons (Fsp3) is 0.154. The third-order valence-electron chi connectivity index (χ3n) is 2.83. The van der Waals surface area contributed by atoms with Gasteiger partial charge in [-0.05, 0) is 36.8 Å². The summed E-state index contributed by atoms with van der Waals surface area (Å²) in [7, 11) is -4.12. The molecular formula is C13H9Cl2F3N2O2S. The minimum absolute atomic E-state index is 0.111. The number of nitrogens with zero attached hydrogens (tertiary/aromatic N) is 1. The first-order valence-corrected chi connectivity index (χ1v) is 8.26. The van der Waals surface area contributed by atoms with Gasteiger partial charge in [-0.25, -0.2) is 13.4 Å². The lowest BCUT2D eigenvalue weighted by Crippen LogP contribution is -2.15. The Hall–Kier alpha value is -1.51. The molecular weight excluding hydrogens is 376 g/mol. The number of anilines is 1. The van der Waals surface area contributed by atoms with Crippen LogP contribution in [0.2, 0.25) is 10.0 Å². The molecule has 2 aromatic rings. The molecule has 0 saturated heterocycles. The predicted octanol–water partition coefficient (Wildman–Crippen LogP) is 4.52.